The third kappa shape index (κ3) is 4.89. The molecule has 3 aromatic rings. The molecule has 4 rings (SSSR count). The molecule has 3 aromatic carbocycles. The molecule has 1 atom stereocenters. The first-order valence-electron chi connectivity index (χ1n) is 11.4. The summed E-state index contributed by atoms with van der Waals surface area (Å²) in [5.41, 5.74) is 4.59. The molecule has 0 aromatic heterocycles. The molecule has 180 valence electrons. The van der Waals surface area contributed by atoms with E-state index in [1.165, 1.54) is 7.11 Å². The lowest BCUT2D eigenvalue weighted by Crippen LogP contribution is -2.45. The highest BCUT2D eigenvalue weighted by atomic mass is 16.5. The van der Waals surface area contributed by atoms with Crippen LogP contribution in [0.15, 0.2) is 66.7 Å². The van der Waals surface area contributed by atoms with Gasteiger partial charge < -0.3 is 19.7 Å². The maximum absolute atomic E-state index is 13.0. The number of esters is 1. The van der Waals surface area contributed by atoms with E-state index in [-0.39, 0.29) is 17.7 Å². The van der Waals surface area contributed by atoms with Gasteiger partial charge in [0, 0.05) is 23.4 Å². The molecule has 35 heavy (non-hydrogen) atoms. The zero-order valence-corrected chi connectivity index (χ0v) is 20.2. The van der Waals surface area contributed by atoms with Gasteiger partial charge in [-0.25, -0.2) is 4.79 Å². The molecule has 1 aliphatic rings. The average Bonchev–Trinajstić information content (AvgIpc) is 3.19. The second kappa shape index (κ2) is 10.0. The number of benzene rings is 3. The molecule has 0 radical (unpaired) electrons. The SMILES string of the molecule is COC(=O)C(C(C)C)N1Cc2cc(-c3ccc(NC(=O)c4ccc(OC)cc4)cc3)ccc2C1=O. The molecule has 0 fully saturated rings. The number of nitrogens with zero attached hydrogens (tertiary/aromatic N) is 1. The number of methoxy groups -OCH3 is 2. The molecular weight excluding hydrogens is 444 g/mol. The van der Waals surface area contributed by atoms with Gasteiger partial charge in [0.25, 0.3) is 11.8 Å². The summed E-state index contributed by atoms with van der Waals surface area (Å²) in [4.78, 5) is 39.4. The van der Waals surface area contributed by atoms with Crippen LogP contribution in [0.3, 0.4) is 0 Å². The molecule has 2 amide bonds. The fourth-order valence-corrected chi connectivity index (χ4v) is 4.32. The van der Waals surface area contributed by atoms with Crippen molar-refractivity contribution in [2.45, 2.75) is 26.4 Å². The van der Waals surface area contributed by atoms with Crippen molar-refractivity contribution in [3.05, 3.63) is 83.4 Å². The van der Waals surface area contributed by atoms with E-state index in [0.717, 1.165) is 16.7 Å². The summed E-state index contributed by atoms with van der Waals surface area (Å²) < 4.78 is 10.1. The van der Waals surface area contributed by atoms with Crippen LogP contribution in [0.5, 0.6) is 5.75 Å². The zero-order chi connectivity index (χ0) is 25.1. The molecule has 0 saturated carbocycles. The van der Waals surface area contributed by atoms with E-state index in [1.54, 1.807) is 42.3 Å². The van der Waals surface area contributed by atoms with Gasteiger partial charge in [-0.15, -0.1) is 0 Å². The van der Waals surface area contributed by atoms with E-state index < -0.39 is 12.0 Å². The largest absolute Gasteiger partial charge is 0.497 e. The highest BCUT2D eigenvalue weighted by Crippen LogP contribution is 2.32. The monoisotopic (exact) mass is 472 g/mol. The van der Waals surface area contributed by atoms with Gasteiger partial charge in [0.2, 0.25) is 0 Å². The molecule has 0 aliphatic carbocycles. The quantitative estimate of drug-likeness (QED) is 0.501. The van der Waals surface area contributed by atoms with E-state index in [0.29, 0.717) is 29.1 Å². The Morgan fingerprint density at radius 2 is 1.57 bits per heavy atom. The van der Waals surface area contributed by atoms with Crippen LogP contribution in [0.25, 0.3) is 11.1 Å². The van der Waals surface area contributed by atoms with E-state index in [9.17, 15) is 14.4 Å². The van der Waals surface area contributed by atoms with Crippen LogP contribution in [-0.4, -0.2) is 42.9 Å². The minimum absolute atomic E-state index is 0.0687. The summed E-state index contributed by atoms with van der Waals surface area (Å²) in [6.45, 7) is 4.16. The third-order valence-corrected chi connectivity index (χ3v) is 6.18. The topological polar surface area (TPSA) is 84.9 Å². The van der Waals surface area contributed by atoms with Crippen molar-refractivity contribution in [2.24, 2.45) is 5.92 Å². The Balaban J connectivity index is 1.49. The summed E-state index contributed by atoms with van der Waals surface area (Å²) >= 11 is 0. The number of hydrogen-bond acceptors (Lipinski definition) is 5. The Morgan fingerprint density at radius 3 is 2.17 bits per heavy atom. The van der Waals surface area contributed by atoms with Crippen molar-refractivity contribution in [2.75, 3.05) is 19.5 Å². The highest BCUT2D eigenvalue weighted by Gasteiger charge is 2.38. The summed E-state index contributed by atoms with van der Waals surface area (Å²) in [6, 6.07) is 19.5. The third-order valence-electron chi connectivity index (χ3n) is 6.18. The van der Waals surface area contributed by atoms with Crippen molar-refractivity contribution >= 4 is 23.5 Å². The Labute approximate surface area is 204 Å². The fraction of sp³-hybridized carbons (Fsp3) is 0.250. The molecule has 0 saturated heterocycles. The van der Waals surface area contributed by atoms with Crippen molar-refractivity contribution in [3.8, 4) is 16.9 Å². The number of ether oxygens (including phenoxy) is 2. The van der Waals surface area contributed by atoms with Crippen molar-refractivity contribution in [1.29, 1.82) is 0 Å². The van der Waals surface area contributed by atoms with Crippen LogP contribution in [0, 0.1) is 5.92 Å². The number of fused-ring (bicyclic) bond motifs is 1. The van der Waals surface area contributed by atoms with Gasteiger partial charge in [-0.2, -0.15) is 0 Å². The minimum Gasteiger partial charge on any atom is -0.497 e. The Bertz CT molecular complexity index is 1250. The Morgan fingerprint density at radius 1 is 0.914 bits per heavy atom. The molecule has 1 heterocycles. The van der Waals surface area contributed by atoms with Crippen LogP contribution >= 0.6 is 0 Å². The number of hydrogen-bond donors (Lipinski definition) is 1. The summed E-state index contributed by atoms with van der Waals surface area (Å²) in [5.74, 6) is -0.154. The summed E-state index contributed by atoms with van der Waals surface area (Å²) in [5, 5.41) is 2.89. The number of anilines is 1. The first-order valence-corrected chi connectivity index (χ1v) is 11.4. The zero-order valence-electron chi connectivity index (χ0n) is 20.2. The minimum atomic E-state index is -0.628. The summed E-state index contributed by atoms with van der Waals surface area (Å²) in [7, 11) is 2.92. The number of rotatable bonds is 7. The molecule has 0 bridgehead atoms. The van der Waals surface area contributed by atoms with Gasteiger partial charge in [0.15, 0.2) is 0 Å². The molecular formula is C28H28N2O5. The first-order chi connectivity index (χ1) is 16.8. The standard InChI is InChI=1S/C28H28N2O5/c1-17(2)25(28(33)35-4)30-16-21-15-20(9-14-24(21)27(30)32)18-5-10-22(11-6-18)29-26(31)19-7-12-23(34-3)13-8-19/h5-15,17,25H,16H2,1-4H3,(H,29,31). The van der Waals surface area contributed by atoms with Gasteiger partial charge in [-0.05, 0) is 71.1 Å². The Hall–Kier alpha value is -4.13. The average molecular weight is 473 g/mol. The van der Waals surface area contributed by atoms with Gasteiger partial charge in [0.05, 0.1) is 14.2 Å². The van der Waals surface area contributed by atoms with Gasteiger partial charge in [-0.3, -0.25) is 9.59 Å². The van der Waals surface area contributed by atoms with Gasteiger partial charge in [-0.1, -0.05) is 32.0 Å². The summed E-state index contributed by atoms with van der Waals surface area (Å²) in [6.07, 6.45) is 0. The predicted molar refractivity (Wildman–Crippen MR) is 133 cm³/mol. The van der Waals surface area contributed by atoms with Crippen molar-refractivity contribution in [1.82, 2.24) is 4.90 Å². The first kappa shape index (κ1) is 24.0. The molecule has 1 unspecified atom stereocenters. The van der Waals surface area contributed by atoms with E-state index in [4.69, 9.17) is 9.47 Å². The lowest BCUT2D eigenvalue weighted by atomic mass is 10.0. The molecule has 7 nitrogen and oxygen atoms in total. The van der Waals surface area contributed by atoms with Crippen molar-refractivity contribution in [3.63, 3.8) is 0 Å². The fourth-order valence-electron chi connectivity index (χ4n) is 4.32. The van der Waals surface area contributed by atoms with Crippen LogP contribution in [-0.2, 0) is 16.1 Å². The molecule has 0 spiro atoms. The smallest absolute Gasteiger partial charge is 0.328 e. The number of carbonyl (C=O) groups is 3. The number of nitrogens with one attached hydrogen (secondary N) is 1. The van der Waals surface area contributed by atoms with Gasteiger partial charge >= 0.3 is 5.97 Å². The lowest BCUT2D eigenvalue weighted by molar-refractivity contribution is -0.147. The van der Waals surface area contributed by atoms with E-state index in [1.807, 2.05) is 50.2 Å². The van der Waals surface area contributed by atoms with Crippen LogP contribution in [0.1, 0.15) is 40.1 Å². The Kier molecular flexibility index (Phi) is 6.87. The second-order valence-corrected chi connectivity index (χ2v) is 8.78. The van der Waals surface area contributed by atoms with E-state index in [2.05, 4.69) is 5.32 Å². The number of carbonyl (C=O) groups excluding carboxylic acids is 3. The number of amides is 2. The van der Waals surface area contributed by atoms with Crippen LogP contribution in [0.2, 0.25) is 0 Å². The van der Waals surface area contributed by atoms with E-state index >= 15 is 0 Å². The molecule has 7 heteroatoms. The normalized spacial score (nSPS) is 13.4. The molecule has 1 aliphatic heterocycles. The highest BCUT2D eigenvalue weighted by molar-refractivity contribution is 6.04. The van der Waals surface area contributed by atoms with Crippen LogP contribution < -0.4 is 10.1 Å². The van der Waals surface area contributed by atoms with Gasteiger partial charge in [0.1, 0.15) is 11.8 Å². The maximum Gasteiger partial charge on any atom is 0.328 e. The predicted octanol–water partition coefficient (Wildman–Crippen LogP) is 4.77. The van der Waals surface area contributed by atoms with Crippen LogP contribution in [0.4, 0.5) is 5.69 Å². The second-order valence-electron chi connectivity index (χ2n) is 8.78. The van der Waals surface area contributed by atoms with Crippen molar-refractivity contribution < 1.29 is 23.9 Å². The lowest BCUT2D eigenvalue weighted by Gasteiger charge is -2.28. The maximum atomic E-state index is 13.0. The molecule has 1 N–H and O–H groups in total.